The molecule has 0 heterocycles. The summed E-state index contributed by atoms with van der Waals surface area (Å²) < 4.78 is 5.66. The van der Waals surface area contributed by atoms with E-state index in [0.29, 0.717) is 6.42 Å². The summed E-state index contributed by atoms with van der Waals surface area (Å²) in [4.78, 5) is 0. The first-order chi connectivity index (χ1) is 6.86. The molecule has 0 amide bonds. The van der Waals surface area contributed by atoms with E-state index in [1.807, 2.05) is 36.4 Å². The Morgan fingerprint density at radius 1 is 1.36 bits per heavy atom. The van der Waals surface area contributed by atoms with Crippen LogP contribution in [0.1, 0.15) is 12.8 Å². The Hall–Kier alpha value is -1.28. The molecule has 0 saturated heterocycles. The largest absolute Gasteiger partial charge is 0.490 e. The second-order valence-corrected chi connectivity index (χ2v) is 3.09. The Kier molecular flexibility index (Phi) is 4.79. The molecule has 0 radical (unpaired) electrons. The molecule has 0 aromatic heterocycles. The molecular weight excluding hydrogens is 176 g/mol. The number of aliphatic hydroxyl groups is 1. The molecule has 14 heavy (non-hydrogen) atoms. The van der Waals surface area contributed by atoms with Crippen LogP contribution in [0, 0.1) is 0 Å². The van der Waals surface area contributed by atoms with Crippen molar-refractivity contribution >= 4 is 0 Å². The van der Waals surface area contributed by atoms with E-state index in [2.05, 4.69) is 6.58 Å². The van der Waals surface area contributed by atoms with Crippen LogP contribution in [-0.4, -0.2) is 17.8 Å². The maximum Gasteiger partial charge on any atom is 0.119 e. The van der Waals surface area contributed by atoms with Crippen molar-refractivity contribution in [2.75, 3.05) is 6.61 Å². The highest BCUT2D eigenvalue weighted by Crippen LogP contribution is 2.14. The summed E-state index contributed by atoms with van der Waals surface area (Å²) in [7, 11) is 0. The van der Waals surface area contributed by atoms with E-state index in [1.54, 1.807) is 0 Å². The standard InChI is InChI=1S/C12H16O2/c1-2-6-11(9-10-13)14-12-7-4-3-5-8-12/h2-5,7-8,11,13H,1,6,9-10H2. The molecule has 1 atom stereocenters. The van der Waals surface area contributed by atoms with Gasteiger partial charge in [-0.2, -0.15) is 0 Å². The summed E-state index contributed by atoms with van der Waals surface area (Å²) >= 11 is 0. The molecule has 76 valence electrons. The third kappa shape index (κ3) is 3.62. The van der Waals surface area contributed by atoms with Crippen molar-refractivity contribution in [1.29, 1.82) is 0 Å². The van der Waals surface area contributed by atoms with Gasteiger partial charge in [-0.1, -0.05) is 24.3 Å². The summed E-state index contributed by atoms with van der Waals surface area (Å²) in [6.45, 7) is 3.81. The third-order valence-electron chi connectivity index (χ3n) is 1.93. The molecule has 1 N–H and O–H groups in total. The highest BCUT2D eigenvalue weighted by atomic mass is 16.5. The highest BCUT2D eigenvalue weighted by Gasteiger charge is 2.07. The van der Waals surface area contributed by atoms with Crippen molar-refractivity contribution in [3.63, 3.8) is 0 Å². The van der Waals surface area contributed by atoms with Gasteiger partial charge in [-0.05, 0) is 12.1 Å². The van der Waals surface area contributed by atoms with Gasteiger partial charge in [0.15, 0.2) is 0 Å². The molecule has 0 bridgehead atoms. The Morgan fingerprint density at radius 2 is 2.07 bits per heavy atom. The zero-order valence-electron chi connectivity index (χ0n) is 8.23. The first-order valence-corrected chi connectivity index (χ1v) is 4.80. The Morgan fingerprint density at radius 3 is 2.64 bits per heavy atom. The van der Waals surface area contributed by atoms with E-state index in [4.69, 9.17) is 9.84 Å². The minimum atomic E-state index is 0.0277. The van der Waals surface area contributed by atoms with Crippen LogP contribution in [0.2, 0.25) is 0 Å². The quantitative estimate of drug-likeness (QED) is 0.701. The van der Waals surface area contributed by atoms with Gasteiger partial charge in [0.25, 0.3) is 0 Å². The average molecular weight is 192 g/mol. The van der Waals surface area contributed by atoms with Crippen LogP contribution in [0.4, 0.5) is 0 Å². The molecule has 0 spiro atoms. The van der Waals surface area contributed by atoms with Crippen LogP contribution in [0.15, 0.2) is 43.0 Å². The topological polar surface area (TPSA) is 29.5 Å². The lowest BCUT2D eigenvalue weighted by Gasteiger charge is -2.16. The predicted molar refractivity (Wildman–Crippen MR) is 57.4 cm³/mol. The Bertz CT molecular complexity index is 256. The van der Waals surface area contributed by atoms with E-state index in [-0.39, 0.29) is 12.7 Å². The normalized spacial score (nSPS) is 12.1. The van der Waals surface area contributed by atoms with Gasteiger partial charge in [-0.15, -0.1) is 6.58 Å². The van der Waals surface area contributed by atoms with Gasteiger partial charge in [0, 0.05) is 19.4 Å². The maximum atomic E-state index is 8.83. The van der Waals surface area contributed by atoms with E-state index in [0.717, 1.165) is 12.2 Å². The predicted octanol–water partition coefficient (Wildman–Crippen LogP) is 2.39. The van der Waals surface area contributed by atoms with Crippen molar-refractivity contribution in [2.24, 2.45) is 0 Å². The van der Waals surface area contributed by atoms with Crippen LogP contribution in [0.3, 0.4) is 0 Å². The van der Waals surface area contributed by atoms with Crippen LogP contribution >= 0.6 is 0 Å². The molecule has 1 unspecified atom stereocenters. The molecule has 2 nitrogen and oxygen atoms in total. The van der Waals surface area contributed by atoms with Gasteiger partial charge >= 0.3 is 0 Å². The van der Waals surface area contributed by atoms with Crippen LogP contribution in [-0.2, 0) is 0 Å². The van der Waals surface area contributed by atoms with Crippen molar-refractivity contribution in [2.45, 2.75) is 18.9 Å². The zero-order chi connectivity index (χ0) is 10.2. The second-order valence-electron chi connectivity index (χ2n) is 3.09. The van der Waals surface area contributed by atoms with E-state index in [9.17, 15) is 0 Å². The number of rotatable bonds is 6. The monoisotopic (exact) mass is 192 g/mol. The molecule has 0 saturated carbocycles. The van der Waals surface area contributed by atoms with Gasteiger partial charge in [0.2, 0.25) is 0 Å². The molecule has 2 heteroatoms. The molecular formula is C12H16O2. The molecule has 1 aromatic carbocycles. The number of para-hydroxylation sites is 1. The first-order valence-electron chi connectivity index (χ1n) is 4.80. The van der Waals surface area contributed by atoms with E-state index >= 15 is 0 Å². The molecule has 0 fully saturated rings. The van der Waals surface area contributed by atoms with E-state index in [1.165, 1.54) is 0 Å². The lowest BCUT2D eigenvalue weighted by Crippen LogP contribution is -2.17. The molecule has 1 rings (SSSR count). The van der Waals surface area contributed by atoms with Gasteiger partial charge in [-0.25, -0.2) is 0 Å². The van der Waals surface area contributed by atoms with Crippen LogP contribution in [0.5, 0.6) is 5.75 Å². The number of benzene rings is 1. The fourth-order valence-electron chi connectivity index (χ4n) is 1.25. The lowest BCUT2D eigenvalue weighted by atomic mass is 10.2. The molecule has 1 aromatic rings. The maximum absolute atomic E-state index is 8.83. The van der Waals surface area contributed by atoms with Crippen LogP contribution < -0.4 is 4.74 Å². The number of aliphatic hydroxyl groups excluding tert-OH is 1. The highest BCUT2D eigenvalue weighted by molar-refractivity contribution is 5.21. The number of hydrogen-bond donors (Lipinski definition) is 1. The van der Waals surface area contributed by atoms with Gasteiger partial charge < -0.3 is 9.84 Å². The first kappa shape index (κ1) is 10.8. The average Bonchev–Trinajstić information content (AvgIpc) is 2.20. The summed E-state index contributed by atoms with van der Waals surface area (Å²) in [5.74, 6) is 0.841. The number of ether oxygens (including phenoxy) is 1. The Balaban J connectivity index is 2.50. The SMILES string of the molecule is C=CCC(CCO)Oc1ccccc1. The van der Waals surface area contributed by atoms with E-state index < -0.39 is 0 Å². The molecule has 0 aliphatic heterocycles. The van der Waals surface area contributed by atoms with Crippen molar-refractivity contribution in [3.8, 4) is 5.75 Å². The molecule has 0 aliphatic rings. The molecule has 0 aliphatic carbocycles. The van der Waals surface area contributed by atoms with Crippen molar-refractivity contribution in [3.05, 3.63) is 43.0 Å². The zero-order valence-corrected chi connectivity index (χ0v) is 8.23. The summed E-state index contributed by atoms with van der Waals surface area (Å²) in [5.41, 5.74) is 0. The van der Waals surface area contributed by atoms with Gasteiger partial charge in [0.05, 0.1) is 0 Å². The smallest absolute Gasteiger partial charge is 0.119 e. The minimum Gasteiger partial charge on any atom is -0.490 e. The third-order valence-corrected chi connectivity index (χ3v) is 1.93. The fraction of sp³-hybridized carbons (Fsp3) is 0.333. The van der Waals surface area contributed by atoms with Gasteiger partial charge in [0.1, 0.15) is 11.9 Å². The minimum absolute atomic E-state index is 0.0277. The van der Waals surface area contributed by atoms with Gasteiger partial charge in [-0.3, -0.25) is 0 Å². The Labute approximate surface area is 84.8 Å². The lowest BCUT2D eigenvalue weighted by molar-refractivity contribution is 0.156. The summed E-state index contributed by atoms with van der Waals surface area (Å²) in [6, 6.07) is 9.63. The second kappa shape index (κ2) is 6.22. The number of hydrogen-bond acceptors (Lipinski definition) is 2. The summed E-state index contributed by atoms with van der Waals surface area (Å²) in [6.07, 6.45) is 3.24. The fourth-order valence-corrected chi connectivity index (χ4v) is 1.25. The van der Waals surface area contributed by atoms with Crippen molar-refractivity contribution in [1.82, 2.24) is 0 Å². The summed E-state index contributed by atoms with van der Waals surface area (Å²) in [5, 5.41) is 8.83. The van der Waals surface area contributed by atoms with Crippen molar-refractivity contribution < 1.29 is 9.84 Å². The van der Waals surface area contributed by atoms with Crippen LogP contribution in [0.25, 0.3) is 0 Å².